The quantitative estimate of drug-likeness (QED) is 0.895. The Balaban J connectivity index is 1.64. The zero-order chi connectivity index (χ0) is 14.9. The van der Waals surface area contributed by atoms with Crippen molar-refractivity contribution in [1.29, 1.82) is 5.26 Å². The van der Waals surface area contributed by atoms with Gasteiger partial charge in [-0.15, -0.1) is 0 Å². The van der Waals surface area contributed by atoms with E-state index in [4.69, 9.17) is 4.74 Å². The van der Waals surface area contributed by atoms with Gasteiger partial charge >= 0.3 is 0 Å². The third kappa shape index (κ3) is 3.39. The molecular formula is C18H24N2O. The van der Waals surface area contributed by atoms with Crippen LogP contribution in [-0.2, 0) is 0 Å². The second kappa shape index (κ2) is 5.69. The number of rotatable bonds is 5. The maximum atomic E-state index is 9.53. The molecule has 1 aromatic carbocycles. The van der Waals surface area contributed by atoms with Crippen molar-refractivity contribution in [3.05, 3.63) is 29.8 Å². The maximum absolute atomic E-state index is 9.53. The molecule has 0 spiro atoms. The van der Waals surface area contributed by atoms with Crippen LogP contribution in [0.1, 0.15) is 57.4 Å². The molecule has 21 heavy (non-hydrogen) atoms. The third-order valence-corrected chi connectivity index (χ3v) is 4.57. The summed E-state index contributed by atoms with van der Waals surface area (Å²) < 4.78 is 6.13. The summed E-state index contributed by atoms with van der Waals surface area (Å²) in [6, 6.07) is 11.4. The molecule has 1 N–H and O–H groups in total. The molecular weight excluding hydrogens is 260 g/mol. The van der Waals surface area contributed by atoms with Gasteiger partial charge in [-0.3, -0.25) is 5.32 Å². The average molecular weight is 284 g/mol. The van der Waals surface area contributed by atoms with Gasteiger partial charge in [0.25, 0.3) is 0 Å². The van der Waals surface area contributed by atoms with Crippen molar-refractivity contribution in [1.82, 2.24) is 5.32 Å². The largest absolute Gasteiger partial charge is 0.490 e. The van der Waals surface area contributed by atoms with Crippen molar-refractivity contribution in [2.75, 3.05) is 0 Å². The van der Waals surface area contributed by atoms with Gasteiger partial charge in [-0.25, -0.2) is 0 Å². The van der Waals surface area contributed by atoms with E-state index in [0.29, 0.717) is 12.0 Å². The molecule has 2 aliphatic rings. The van der Waals surface area contributed by atoms with Gasteiger partial charge in [0.15, 0.2) is 0 Å². The number of hydrogen-bond acceptors (Lipinski definition) is 3. The van der Waals surface area contributed by atoms with E-state index in [-0.39, 0.29) is 11.6 Å². The summed E-state index contributed by atoms with van der Waals surface area (Å²) in [6.45, 7) is 4.38. The summed E-state index contributed by atoms with van der Waals surface area (Å²) in [4.78, 5) is 0. The number of ether oxygens (including phenoxy) is 1. The van der Waals surface area contributed by atoms with Crippen LogP contribution in [0.3, 0.4) is 0 Å². The molecule has 2 saturated carbocycles. The molecule has 0 amide bonds. The van der Waals surface area contributed by atoms with Gasteiger partial charge in [0.1, 0.15) is 17.4 Å². The Morgan fingerprint density at radius 1 is 1.33 bits per heavy atom. The highest BCUT2D eigenvalue weighted by Crippen LogP contribution is 2.36. The minimum atomic E-state index is -0.360. The first-order chi connectivity index (χ1) is 10.1. The lowest BCUT2D eigenvalue weighted by Gasteiger charge is -2.23. The molecule has 2 unspecified atom stereocenters. The van der Waals surface area contributed by atoms with Gasteiger partial charge in [0.05, 0.1) is 6.07 Å². The van der Waals surface area contributed by atoms with Gasteiger partial charge in [0, 0.05) is 12.5 Å². The van der Waals surface area contributed by atoms with Crippen LogP contribution in [0.5, 0.6) is 5.75 Å². The summed E-state index contributed by atoms with van der Waals surface area (Å²) in [5, 5.41) is 13.0. The predicted molar refractivity (Wildman–Crippen MR) is 83.3 cm³/mol. The van der Waals surface area contributed by atoms with Gasteiger partial charge in [0.2, 0.25) is 0 Å². The summed E-state index contributed by atoms with van der Waals surface area (Å²) in [7, 11) is 0. The third-order valence-electron chi connectivity index (χ3n) is 4.57. The highest BCUT2D eigenvalue weighted by atomic mass is 16.5. The second-order valence-corrected chi connectivity index (χ2v) is 6.82. The van der Waals surface area contributed by atoms with E-state index in [9.17, 15) is 5.26 Å². The molecule has 0 saturated heterocycles. The molecule has 2 fully saturated rings. The lowest BCUT2D eigenvalue weighted by molar-refractivity contribution is 0.200. The normalized spacial score (nSPS) is 28.6. The Hall–Kier alpha value is -1.53. The van der Waals surface area contributed by atoms with Crippen LogP contribution in [0.25, 0.3) is 0 Å². The number of nitrogens with zero attached hydrogens (tertiary/aromatic N) is 1. The maximum Gasteiger partial charge on any atom is 0.120 e. The van der Waals surface area contributed by atoms with E-state index >= 15 is 0 Å². The molecule has 3 heteroatoms. The number of nitrogens with one attached hydrogen (secondary N) is 1. The lowest BCUT2D eigenvalue weighted by atomic mass is 9.99. The minimum Gasteiger partial charge on any atom is -0.490 e. The fourth-order valence-corrected chi connectivity index (χ4v) is 3.12. The molecule has 0 heterocycles. The molecule has 0 aromatic heterocycles. The minimum absolute atomic E-state index is 0.151. The van der Waals surface area contributed by atoms with Gasteiger partial charge < -0.3 is 4.74 Å². The molecule has 2 atom stereocenters. The SMILES string of the molecule is CC(C)c1cccc(OC2CCC(C#N)(NC3CC3)C2)c1. The van der Waals surface area contributed by atoms with Gasteiger partial charge in [-0.2, -0.15) is 5.26 Å². The van der Waals surface area contributed by atoms with E-state index in [2.05, 4.69) is 43.4 Å². The van der Waals surface area contributed by atoms with Crippen LogP contribution in [0.15, 0.2) is 24.3 Å². The second-order valence-electron chi connectivity index (χ2n) is 6.82. The summed E-state index contributed by atoms with van der Waals surface area (Å²) in [6.07, 6.45) is 5.23. The van der Waals surface area contributed by atoms with Crippen LogP contribution < -0.4 is 10.1 Å². The van der Waals surface area contributed by atoms with Crippen LogP contribution in [0.4, 0.5) is 0 Å². The van der Waals surface area contributed by atoms with Crippen LogP contribution in [0, 0.1) is 11.3 Å². The van der Waals surface area contributed by atoms with Crippen molar-refractivity contribution in [2.24, 2.45) is 0 Å². The molecule has 2 aliphatic carbocycles. The van der Waals surface area contributed by atoms with E-state index in [1.807, 2.05) is 6.07 Å². The summed E-state index contributed by atoms with van der Waals surface area (Å²) >= 11 is 0. The molecule has 0 radical (unpaired) electrons. The first-order valence-electron chi connectivity index (χ1n) is 8.06. The fraction of sp³-hybridized carbons (Fsp3) is 0.611. The van der Waals surface area contributed by atoms with E-state index in [1.54, 1.807) is 0 Å². The first kappa shape index (κ1) is 14.4. The van der Waals surface area contributed by atoms with Crippen molar-refractivity contribution in [3.8, 4) is 11.8 Å². The standard InChI is InChI=1S/C18H24N2O/c1-13(2)14-4-3-5-16(10-14)21-17-8-9-18(11-17,12-19)20-15-6-7-15/h3-5,10,13,15,17,20H,6-9,11H2,1-2H3. The Morgan fingerprint density at radius 2 is 2.14 bits per heavy atom. The predicted octanol–water partition coefficient (Wildman–Crippen LogP) is 3.76. The molecule has 3 nitrogen and oxygen atoms in total. The average Bonchev–Trinajstić information content (AvgIpc) is 3.19. The summed E-state index contributed by atoms with van der Waals surface area (Å²) in [5.74, 6) is 1.44. The number of hydrogen-bond donors (Lipinski definition) is 1. The van der Waals surface area contributed by atoms with Crippen LogP contribution >= 0.6 is 0 Å². The Labute approximate surface area is 127 Å². The number of benzene rings is 1. The lowest BCUT2D eigenvalue weighted by Crippen LogP contribution is -2.43. The van der Waals surface area contributed by atoms with Gasteiger partial charge in [-0.05, 0) is 49.3 Å². The summed E-state index contributed by atoms with van der Waals surface area (Å²) in [5.41, 5.74) is 0.940. The molecule has 0 aliphatic heterocycles. The van der Waals surface area contributed by atoms with Gasteiger partial charge in [-0.1, -0.05) is 26.0 Å². The Kier molecular flexibility index (Phi) is 3.91. The zero-order valence-electron chi connectivity index (χ0n) is 12.9. The van der Waals surface area contributed by atoms with Crippen LogP contribution in [-0.4, -0.2) is 17.7 Å². The topological polar surface area (TPSA) is 45.0 Å². The molecule has 3 rings (SSSR count). The van der Waals surface area contributed by atoms with Crippen molar-refractivity contribution in [2.45, 2.75) is 69.6 Å². The molecule has 0 bridgehead atoms. The first-order valence-corrected chi connectivity index (χ1v) is 8.06. The highest BCUT2D eigenvalue weighted by Gasteiger charge is 2.43. The number of nitriles is 1. The molecule has 1 aromatic rings. The van der Waals surface area contributed by atoms with Crippen molar-refractivity contribution < 1.29 is 4.74 Å². The van der Waals surface area contributed by atoms with E-state index in [0.717, 1.165) is 25.0 Å². The van der Waals surface area contributed by atoms with Crippen molar-refractivity contribution >= 4 is 0 Å². The fourth-order valence-electron chi connectivity index (χ4n) is 3.12. The van der Waals surface area contributed by atoms with E-state index in [1.165, 1.54) is 18.4 Å². The Morgan fingerprint density at radius 3 is 2.81 bits per heavy atom. The van der Waals surface area contributed by atoms with Crippen LogP contribution in [0.2, 0.25) is 0 Å². The highest BCUT2D eigenvalue weighted by molar-refractivity contribution is 5.31. The smallest absolute Gasteiger partial charge is 0.120 e. The van der Waals surface area contributed by atoms with E-state index < -0.39 is 0 Å². The zero-order valence-corrected chi connectivity index (χ0v) is 12.9. The molecule has 112 valence electrons. The van der Waals surface area contributed by atoms with Crippen molar-refractivity contribution in [3.63, 3.8) is 0 Å². The monoisotopic (exact) mass is 284 g/mol. The Bertz CT molecular complexity index is 544.